The van der Waals surface area contributed by atoms with Crippen LogP contribution in [0.5, 0.6) is 0 Å². The van der Waals surface area contributed by atoms with Crippen LogP contribution < -0.4 is 36.6 Å². The smallest absolute Gasteiger partial charge is 1.00 e. The minimum Gasteiger partial charge on any atom is -1.00 e. The summed E-state index contributed by atoms with van der Waals surface area (Å²) < 4.78 is 0. The first-order valence-electron chi connectivity index (χ1n) is 3.37. The quantitative estimate of drug-likeness (QED) is 0.212. The summed E-state index contributed by atoms with van der Waals surface area (Å²) in [6.45, 7) is 0. The average Bonchev–Trinajstić information content (AvgIpc) is 3.01. The fourth-order valence-corrected chi connectivity index (χ4v) is 0.430. The van der Waals surface area contributed by atoms with Crippen LogP contribution in [0.25, 0.3) is 0 Å². The average molecular weight is 468 g/mol. The third-order valence-electron chi connectivity index (χ3n) is 0.812. The van der Waals surface area contributed by atoms with Gasteiger partial charge in [0.2, 0.25) is 0 Å². The molecule has 0 saturated carbocycles. The molecule has 0 saturated heterocycles. The predicted octanol–water partition coefficient (Wildman–Crippen LogP) is -6.51. The fourth-order valence-electron chi connectivity index (χ4n) is 0.430. The molecule has 0 spiro atoms. The zero-order valence-corrected chi connectivity index (χ0v) is 12.3. The van der Waals surface area contributed by atoms with Crippen molar-refractivity contribution in [3.8, 4) is 0 Å². The Morgan fingerprint density at radius 2 is 1.06 bits per heavy atom. The number of rotatable bonds is 0. The van der Waals surface area contributed by atoms with E-state index in [0.29, 0.717) is 0 Å². The second kappa shape index (κ2) is 36.1. The number of hydrogen-bond acceptors (Lipinski definition) is 6. The molecule has 0 fully saturated rings. The number of nitrogens with one attached hydrogen (secondary N) is 2. The Balaban J connectivity index is -0.0000000387. The standard InChI is InChI=1S/2C3H4N2.2ClH.2H3NO.Pt/c2*1-2-5-3-4-1;;;2*1-2;/h2*1-3H,(H,4,5);2*1H;2*2H,1H2;/q;;;;;;+2/p-2. The van der Waals surface area contributed by atoms with E-state index in [2.05, 4.69) is 31.7 Å². The van der Waals surface area contributed by atoms with Gasteiger partial charge in [-0.2, -0.15) is 0 Å². The summed E-state index contributed by atoms with van der Waals surface area (Å²) in [6.07, 6.45) is 10.2. The van der Waals surface area contributed by atoms with Crippen LogP contribution in [0.2, 0.25) is 0 Å². The topological polar surface area (TPSA) is 150 Å². The van der Waals surface area contributed by atoms with Crippen LogP contribution >= 0.6 is 0 Å². The molecule has 2 aromatic rings. The molecular formula is C6H14Cl2N6O2Pt. The van der Waals surface area contributed by atoms with Crippen molar-refractivity contribution >= 4 is 0 Å². The minimum absolute atomic E-state index is 0. The predicted molar refractivity (Wildman–Crippen MR) is 49.1 cm³/mol. The zero-order valence-electron chi connectivity index (χ0n) is 8.48. The zero-order chi connectivity index (χ0) is 11.1. The number of hydrogen-bond donors (Lipinski definition) is 6. The monoisotopic (exact) mass is 467 g/mol. The van der Waals surface area contributed by atoms with E-state index in [-0.39, 0.29) is 45.9 Å². The van der Waals surface area contributed by atoms with Crippen LogP contribution in [0.3, 0.4) is 0 Å². The Hall–Kier alpha value is -0.472. The number of aromatic nitrogens is 4. The first kappa shape index (κ1) is 30.0. The number of imidazole rings is 2. The molecule has 17 heavy (non-hydrogen) atoms. The van der Waals surface area contributed by atoms with Gasteiger partial charge in [-0.3, -0.25) is 0 Å². The third-order valence-corrected chi connectivity index (χ3v) is 0.812. The van der Waals surface area contributed by atoms with Crippen LogP contribution in [-0.4, -0.2) is 30.4 Å². The van der Waals surface area contributed by atoms with E-state index in [4.69, 9.17) is 10.4 Å². The summed E-state index contributed by atoms with van der Waals surface area (Å²) in [7, 11) is 0. The van der Waals surface area contributed by atoms with Crippen molar-refractivity contribution in [1.82, 2.24) is 19.9 Å². The van der Waals surface area contributed by atoms with Gasteiger partial charge in [0.25, 0.3) is 0 Å². The van der Waals surface area contributed by atoms with Crippen molar-refractivity contribution in [3.63, 3.8) is 0 Å². The molecule has 104 valence electrons. The second-order valence-corrected chi connectivity index (χ2v) is 1.52. The summed E-state index contributed by atoms with van der Waals surface area (Å²) in [4.78, 5) is 12.8. The van der Waals surface area contributed by atoms with Gasteiger partial charge in [0.1, 0.15) is 0 Å². The van der Waals surface area contributed by atoms with Crippen molar-refractivity contribution < 1.29 is 56.3 Å². The number of aromatic amines is 2. The molecule has 8 N–H and O–H groups in total. The molecule has 0 amide bonds. The molecule has 0 unspecified atom stereocenters. The van der Waals surface area contributed by atoms with Gasteiger partial charge in [-0.25, -0.2) is 21.8 Å². The molecule has 0 bridgehead atoms. The van der Waals surface area contributed by atoms with E-state index in [9.17, 15) is 0 Å². The number of halogens is 2. The van der Waals surface area contributed by atoms with E-state index in [1.165, 1.54) is 0 Å². The normalized spacial score (nSPS) is 5.41. The van der Waals surface area contributed by atoms with Gasteiger partial charge in [0.05, 0.1) is 12.7 Å². The molecule has 0 aliphatic heterocycles. The van der Waals surface area contributed by atoms with Crippen molar-refractivity contribution in [2.75, 3.05) is 0 Å². The summed E-state index contributed by atoms with van der Waals surface area (Å²) in [5.41, 5.74) is 0. The van der Waals surface area contributed by atoms with Crippen LogP contribution in [0, 0.1) is 0 Å². The number of nitrogens with two attached hydrogens (primary N) is 2. The first-order valence-corrected chi connectivity index (χ1v) is 3.37. The molecule has 0 aromatic carbocycles. The van der Waals surface area contributed by atoms with Crippen LogP contribution in [0.4, 0.5) is 0 Å². The van der Waals surface area contributed by atoms with Crippen LogP contribution in [0.15, 0.2) is 37.4 Å². The van der Waals surface area contributed by atoms with Crippen LogP contribution in [-0.2, 0) is 21.1 Å². The fraction of sp³-hybridized carbons (Fsp3) is 0. The van der Waals surface area contributed by atoms with Gasteiger partial charge in [-0.1, -0.05) is 0 Å². The van der Waals surface area contributed by atoms with E-state index in [1.807, 2.05) is 0 Å². The molecule has 11 heteroatoms. The Kier molecular flexibility index (Phi) is 63.7. The van der Waals surface area contributed by atoms with Gasteiger partial charge in [0.15, 0.2) is 0 Å². The summed E-state index contributed by atoms with van der Waals surface area (Å²) in [5.74, 6) is 7.00. The van der Waals surface area contributed by atoms with Crippen LogP contribution in [0.1, 0.15) is 0 Å². The molecule has 2 aromatic heterocycles. The number of nitrogens with zero attached hydrogens (tertiary/aromatic N) is 2. The minimum atomic E-state index is 0. The van der Waals surface area contributed by atoms with Gasteiger partial charge in [-0.05, 0) is 0 Å². The Bertz CT molecular complexity index is 174. The Morgan fingerprint density at radius 1 is 0.765 bits per heavy atom. The molecular weight excluding hydrogens is 454 g/mol. The van der Waals surface area contributed by atoms with E-state index in [1.54, 1.807) is 37.4 Å². The number of H-pyrrole nitrogens is 2. The Labute approximate surface area is 125 Å². The summed E-state index contributed by atoms with van der Waals surface area (Å²) in [5, 5.41) is 13.0. The largest absolute Gasteiger partial charge is 2.00 e. The summed E-state index contributed by atoms with van der Waals surface area (Å²) >= 11 is 0. The van der Waals surface area contributed by atoms with E-state index < -0.39 is 0 Å². The van der Waals surface area contributed by atoms with Crippen molar-refractivity contribution in [1.29, 1.82) is 0 Å². The molecule has 2 heterocycles. The van der Waals surface area contributed by atoms with Gasteiger partial charge in [0, 0.05) is 24.8 Å². The second-order valence-electron chi connectivity index (χ2n) is 1.52. The maximum absolute atomic E-state index is 6.50. The maximum Gasteiger partial charge on any atom is 2.00 e. The molecule has 0 radical (unpaired) electrons. The molecule has 0 atom stereocenters. The molecule has 0 aliphatic rings. The van der Waals surface area contributed by atoms with Crippen molar-refractivity contribution in [2.45, 2.75) is 0 Å². The van der Waals surface area contributed by atoms with Gasteiger partial charge >= 0.3 is 21.1 Å². The molecule has 8 nitrogen and oxygen atoms in total. The first-order chi connectivity index (χ1) is 7.00. The van der Waals surface area contributed by atoms with E-state index >= 15 is 0 Å². The molecule has 2 rings (SSSR count). The third kappa shape index (κ3) is 31.3. The van der Waals surface area contributed by atoms with Gasteiger partial charge in [-0.15, -0.1) is 0 Å². The SMILES string of the molecule is NO.NO.[Cl-].[Cl-].[Pt+2].c1c[nH]cn1.c1c[nH]cn1. The molecule has 0 aliphatic carbocycles. The van der Waals surface area contributed by atoms with Gasteiger partial charge < -0.3 is 45.2 Å². The van der Waals surface area contributed by atoms with Crippen molar-refractivity contribution in [2.24, 2.45) is 11.8 Å². The van der Waals surface area contributed by atoms with E-state index in [0.717, 1.165) is 0 Å². The Morgan fingerprint density at radius 3 is 1.12 bits per heavy atom. The maximum atomic E-state index is 6.50. The summed E-state index contributed by atoms with van der Waals surface area (Å²) in [6, 6.07) is 0. The van der Waals surface area contributed by atoms with Crippen molar-refractivity contribution in [3.05, 3.63) is 37.4 Å².